The Balaban J connectivity index is 2.12. The van der Waals surface area contributed by atoms with Gasteiger partial charge >= 0.3 is 0 Å². The van der Waals surface area contributed by atoms with Gasteiger partial charge in [-0.1, -0.05) is 12.1 Å². The van der Waals surface area contributed by atoms with Gasteiger partial charge in [0.25, 0.3) is 0 Å². The van der Waals surface area contributed by atoms with Gasteiger partial charge in [-0.2, -0.15) is 5.10 Å². The highest BCUT2D eigenvalue weighted by Gasteiger charge is 2.04. The fourth-order valence-corrected chi connectivity index (χ4v) is 1.94. The van der Waals surface area contributed by atoms with Crippen LogP contribution in [0.3, 0.4) is 0 Å². The van der Waals surface area contributed by atoms with E-state index in [1.54, 1.807) is 11.6 Å². The molecule has 3 rings (SSSR count). The monoisotopic (exact) mass is 239 g/mol. The quantitative estimate of drug-likeness (QED) is 0.690. The van der Waals surface area contributed by atoms with Crippen molar-refractivity contribution in [3.05, 3.63) is 48.3 Å². The first-order valence-corrected chi connectivity index (χ1v) is 5.74. The maximum absolute atomic E-state index is 5.22. The van der Waals surface area contributed by atoms with Gasteiger partial charge in [-0.05, 0) is 31.2 Å². The van der Waals surface area contributed by atoms with Crippen LogP contribution in [0.25, 0.3) is 16.9 Å². The molecule has 0 aliphatic carbocycles. The Hall–Kier alpha value is -2.36. The Labute approximate surface area is 105 Å². The summed E-state index contributed by atoms with van der Waals surface area (Å²) in [4.78, 5) is 4.36. The van der Waals surface area contributed by atoms with Crippen LogP contribution in [-0.2, 0) is 0 Å². The second-order valence-corrected chi connectivity index (χ2v) is 4.14. The lowest BCUT2D eigenvalue weighted by Gasteiger charge is -2.04. The van der Waals surface area contributed by atoms with Crippen LogP contribution < -0.4 is 4.74 Å². The van der Waals surface area contributed by atoms with Crippen molar-refractivity contribution < 1.29 is 4.74 Å². The summed E-state index contributed by atoms with van der Waals surface area (Å²) in [5, 5.41) is 4.54. The largest absolute Gasteiger partial charge is 0.497 e. The number of hydrogen-bond donors (Lipinski definition) is 0. The topological polar surface area (TPSA) is 39.4 Å². The van der Waals surface area contributed by atoms with Crippen molar-refractivity contribution >= 4 is 5.65 Å². The summed E-state index contributed by atoms with van der Waals surface area (Å²) in [6.45, 7) is 1.96. The number of hydrogen-bond acceptors (Lipinski definition) is 3. The van der Waals surface area contributed by atoms with Gasteiger partial charge in [0.1, 0.15) is 5.75 Å². The zero-order valence-corrected chi connectivity index (χ0v) is 10.3. The number of nitrogens with zero attached hydrogens (tertiary/aromatic N) is 3. The summed E-state index contributed by atoms with van der Waals surface area (Å²) in [6.07, 6.45) is 1.92. The first kappa shape index (κ1) is 10.8. The first-order valence-electron chi connectivity index (χ1n) is 5.74. The van der Waals surface area contributed by atoms with Crippen molar-refractivity contribution in [2.24, 2.45) is 0 Å². The van der Waals surface area contributed by atoms with Gasteiger partial charge < -0.3 is 4.74 Å². The third-order valence-corrected chi connectivity index (χ3v) is 2.81. The average Bonchev–Trinajstić information content (AvgIpc) is 2.77. The molecule has 0 amide bonds. The molecule has 0 atom stereocenters. The van der Waals surface area contributed by atoms with Gasteiger partial charge in [0.05, 0.1) is 24.7 Å². The number of ether oxygens (including phenoxy) is 1. The summed E-state index contributed by atoms with van der Waals surface area (Å²) >= 11 is 0. The standard InChI is InChI=1S/C14H13N3O/c1-10-9-17-14(15-10)7-6-13(16-17)11-4-3-5-12(8-11)18-2/h3-9H,1-2H3. The molecule has 0 aliphatic heterocycles. The van der Waals surface area contributed by atoms with Crippen molar-refractivity contribution in [1.29, 1.82) is 0 Å². The Morgan fingerprint density at radius 1 is 1.17 bits per heavy atom. The second kappa shape index (κ2) is 4.14. The Morgan fingerprint density at radius 2 is 2.06 bits per heavy atom. The molecule has 0 fully saturated rings. The smallest absolute Gasteiger partial charge is 0.153 e. The molecule has 0 unspecified atom stereocenters. The molecule has 18 heavy (non-hydrogen) atoms. The lowest BCUT2D eigenvalue weighted by atomic mass is 10.1. The Bertz CT molecular complexity index is 703. The van der Waals surface area contributed by atoms with Gasteiger partial charge in [-0.15, -0.1) is 0 Å². The SMILES string of the molecule is COc1cccc(-c2ccc3nc(C)cn3n2)c1. The minimum absolute atomic E-state index is 0.830. The van der Waals surface area contributed by atoms with E-state index in [1.807, 2.05) is 49.5 Å². The molecule has 2 heterocycles. The van der Waals surface area contributed by atoms with Crippen LogP contribution in [0.5, 0.6) is 5.75 Å². The summed E-state index contributed by atoms with van der Waals surface area (Å²) in [6, 6.07) is 11.8. The van der Waals surface area contributed by atoms with Crippen LogP contribution in [-0.4, -0.2) is 21.7 Å². The van der Waals surface area contributed by atoms with Crippen molar-refractivity contribution in [2.75, 3.05) is 7.11 Å². The van der Waals surface area contributed by atoms with Crippen LogP contribution in [0.4, 0.5) is 0 Å². The van der Waals surface area contributed by atoms with Crippen molar-refractivity contribution in [1.82, 2.24) is 14.6 Å². The van der Waals surface area contributed by atoms with Gasteiger partial charge in [-0.3, -0.25) is 0 Å². The lowest BCUT2D eigenvalue weighted by molar-refractivity contribution is 0.415. The number of aryl methyl sites for hydroxylation is 1. The maximum Gasteiger partial charge on any atom is 0.153 e. The molecule has 0 radical (unpaired) electrons. The fourth-order valence-electron chi connectivity index (χ4n) is 1.94. The van der Waals surface area contributed by atoms with Gasteiger partial charge in [-0.25, -0.2) is 9.50 Å². The minimum Gasteiger partial charge on any atom is -0.497 e. The highest BCUT2D eigenvalue weighted by atomic mass is 16.5. The number of methoxy groups -OCH3 is 1. The number of aromatic nitrogens is 3. The summed E-state index contributed by atoms with van der Waals surface area (Å²) in [5.74, 6) is 0.830. The number of fused-ring (bicyclic) bond motifs is 1. The number of rotatable bonds is 2. The first-order chi connectivity index (χ1) is 8.76. The zero-order chi connectivity index (χ0) is 12.5. The van der Waals surface area contributed by atoms with E-state index < -0.39 is 0 Å². The molecule has 0 spiro atoms. The van der Waals surface area contributed by atoms with E-state index >= 15 is 0 Å². The number of imidazole rings is 1. The second-order valence-electron chi connectivity index (χ2n) is 4.14. The minimum atomic E-state index is 0.830. The van der Waals surface area contributed by atoms with Gasteiger partial charge in [0.2, 0.25) is 0 Å². The van der Waals surface area contributed by atoms with E-state index in [-0.39, 0.29) is 0 Å². The molecule has 0 bridgehead atoms. The molecule has 3 aromatic rings. The van der Waals surface area contributed by atoms with Gasteiger partial charge in [0, 0.05) is 5.56 Å². The number of benzene rings is 1. The summed E-state index contributed by atoms with van der Waals surface area (Å²) in [5.41, 5.74) is 3.76. The molecule has 90 valence electrons. The fraction of sp³-hybridized carbons (Fsp3) is 0.143. The predicted octanol–water partition coefficient (Wildman–Crippen LogP) is 2.71. The molecular formula is C14H13N3O. The predicted molar refractivity (Wildman–Crippen MR) is 69.7 cm³/mol. The van der Waals surface area contributed by atoms with Crippen LogP contribution in [0.1, 0.15) is 5.69 Å². The molecule has 0 saturated carbocycles. The summed E-state index contributed by atoms with van der Waals surface area (Å²) < 4.78 is 7.02. The highest BCUT2D eigenvalue weighted by molar-refractivity contribution is 5.62. The van der Waals surface area contributed by atoms with E-state index in [2.05, 4.69) is 10.1 Å². The van der Waals surface area contributed by atoms with Crippen LogP contribution in [0.15, 0.2) is 42.6 Å². The third kappa shape index (κ3) is 1.82. The van der Waals surface area contributed by atoms with Crippen molar-refractivity contribution in [2.45, 2.75) is 6.92 Å². The van der Waals surface area contributed by atoms with Crippen molar-refractivity contribution in [3.8, 4) is 17.0 Å². The summed E-state index contributed by atoms with van der Waals surface area (Å²) in [7, 11) is 1.66. The molecule has 4 nitrogen and oxygen atoms in total. The van der Waals surface area contributed by atoms with Crippen LogP contribution >= 0.6 is 0 Å². The molecule has 2 aromatic heterocycles. The molecule has 4 heteroatoms. The normalized spacial score (nSPS) is 10.8. The zero-order valence-electron chi connectivity index (χ0n) is 10.3. The van der Waals surface area contributed by atoms with E-state index in [4.69, 9.17) is 4.74 Å². The van der Waals surface area contributed by atoms with Gasteiger partial charge in [0.15, 0.2) is 5.65 Å². The van der Waals surface area contributed by atoms with E-state index in [0.29, 0.717) is 0 Å². The lowest BCUT2D eigenvalue weighted by Crippen LogP contribution is -1.93. The van der Waals surface area contributed by atoms with Crippen molar-refractivity contribution in [3.63, 3.8) is 0 Å². The van der Waals surface area contributed by atoms with E-state index in [0.717, 1.165) is 28.3 Å². The molecular weight excluding hydrogens is 226 g/mol. The molecule has 0 aliphatic rings. The van der Waals surface area contributed by atoms with E-state index in [1.165, 1.54) is 0 Å². The Morgan fingerprint density at radius 3 is 2.89 bits per heavy atom. The van der Waals surface area contributed by atoms with E-state index in [9.17, 15) is 0 Å². The third-order valence-electron chi connectivity index (χ3n) is 2.81. The maximum atomic E-state index is 5.22. The van der Waals surface area contributed by atoms with Crippen LogP contribution in [0, 0.1) is 6.92 Å². The Kier molecular flexibility index (Phi) is 2.48. The highest BCUT2D eigenvalue weighted by Crippen LogP contribution is 2.22. The average molecular weight is 239 g/mol. The molecule has 0 saturated heterocycles. The molecule has 1 aromatic carbocycles. The van der Waals surface area contributed by atoms with Crippen LogP contribution in [0.2, 0.25) is 0 Å². The molecule has 0 N–H and O–H groups in total.